The van der Waals surface area contributed by atoms with E-state index in [-0.39, 0.29) is 5.28 Å². The van der Waals surface area contributed by atoms with E-state index in [2.05, 4.69) is 9.97 Å². The lowest BCUT2D eigenvalue weighted by Crippen LogP contribution is -2.06. The maximum Gasteiger partial charge on any atom is 0.222 e. The van der Waals surface area contributed by atoms with Gasteiger partial charge in [0.05, 0.1) is 5.52 Å². The minimum Gasteiger partial charge on any atom is -0.226 e. The van der Waals surface area contributed by atoms with E-state index < -0.39 is 0 Å². The van der Waals surface area contributed by atoms with E-state index in [1.807, 2.05) is 13.0 Å². The molecule has 0 aliphatic heterocycles. The summed E-state index contributed by atoms with van der Waals surface area (Å²) in [6, 6.07) is 3.75. The molecule has 13 heavy (non-hydrogen) atoms. The van der Waals surface area contributed by atoms with E-state index in [0.29, 0.717) is 0 Å². The summed E-state index contributed by atoms with van der Waals surface area (Å²) in [5.41, 5.74) is 2.53. The molecule has 2 nitrogen and oxygen atoms in total. The summed E-state index contributed by atoms with van der Waals surface area (Å²) >= 11 is 5.65. The van der Waals surface area contributed by atoms with Crippen LogP contribution in [0.1, 0.15) is 5.56 Å². The first kappa shape index (κ1) is 8.51. The van der Waals surface area contributed by atoms with Crippen LogP contribution in [0.4, 0.5) is 0 Å². The van der Waals surface area contributed by atoms with Crippen LogP contribution in [0.15, 0.2) is 18.3 Å². The highest BCUT2D eigenvalue weighted by molar-refractivity contribution is 6.34. The maximum atomic E-state index is 5.73. The zero-order valence-electron chi connectivity index (χ0n) is 7.08. The van der Waals surface area contributed by atoms with Crippen molar-refractivity contribution >= 4 is 35.8 Å². The summed E-state index contributed by atoms with van der Waals surface area (Å²) in [5.74, 6) is 0. The van der Waals surface area contributed by atoms with Gasteiger partial charge in [0, 0.05) is 11.6 Å². The number of aryl methyl sites for hydroxylation is 1. The van der Waals surface area contributed by atoms with Crippen LogP contribution in [0, 0.1) is 6.92 Å². The molecule has 1 aromatic carbocycles. The lowest BCUT2D eigenvalue weighted by atomic mass is 9.90. The zero-order chi connectivity index (χ0) is 9.42. The van der Waals surface area contributed by atoms with Gasteiger partial charge in [0.2, 0.25) is 5.28 Å². The molecule has 0 atom stereocenters. The molecule has 0 saturated heterocycles. The van der Waals surface area contributed by atoms with Crippen LogP contribution >= 0.6 is 11.6 Å². The average Bonchev–Trinajstić information content (AvgIpc) is 2.08. The van der Waals surface area contributed by atoms with Gasteiger partial charge in [-0.15, -0.1) is 0 Å². The Balaban J connectivity index is 2.81. The molecule has 0 spiro atoms. The van der Waals surface area contributed by atoms with Gasteiger partial charge in [-0.1, -0.05) is 11.0 Å². The number of hydrogen-bond acceptors (Lipinski definition) is 2. The van der Waals surface area contributed by atoms with Crippen molar-refractivity contribution in [2.24, 2.45) is 0 Å². The van der Waals surface area contributed by atoms with Crippen LogP contribution in [0.5, 0.6) is 0 Å². The van der Waals surface area contributed by atoms with E-state index in [0.717, 1.165) is 21.9 Å². The van der Waals surface area contributed by atoms with E-state index in [1.165, 1.54) is 0 Å². The normalized spacial score (nSPS) is 10.6. The fourth-order valence-electron chi connectivity index (χ4n) is 1.19. The largest absolute Gasteiger partial charge is 0.226 e. The van der Waals surface area contributed by atoms with Gasteiger partial charge in [0.1, 0.15) is 7.85 Å². The molecule has 0 saturated carbocycles. The highest BCUT2D eigenvalue weighted by Crippen LogP contribution is 2.12. The van der Waals surface area contributed by atoms with E-state index in [9.17, 15) is 0 Å². The summed E-state index contributed by atoms with van der Waals surface area (Å²) in [6.07, 6.45) is 1.69. The molecule has 2 aromatic rings. The molecular weight excluding hydrogens is 182 g/mol. The van der Waals surface area contributed by atoms with Crippen molar-refractivity contribution < 1.29 is 0 Å². The van der Waals surface area contributed by atoms with Crippen molar-refractivity contribution in [1.82, 2.24) is 9.97 Å². The predicted molar refractivity (Wildman–Crippen MR) is 54.7 cm³/mol. The molecule has 4 heteroatoms. The second-order valence-corrected chi connectivity index (χ2v) is 3.24. The molecule has 0 N–H and O–H groups in total. The summed E-state index contributed by atoms with van der Waals surface area (Å²) in [7, 11) is 5.73. The molecule has 62 valence electrons. The molecule has 0 bridgehead atoms. The fourth-order valence-corrected chi connectivity index (χ4v) is 1.33. The van der Waals surface area contributed by atoms with E-state index >= 15 is 0 Å². The molecule has 2 radical (unpaired) electrons. The number of nitrogens with zero attached hydrogens (tertiary/aromatic N) is 2. The number of benzene rings is 1. The van der Waals surface area contributed by atoms with Crippen LogP contribution in [0.25, 0.3) is 10.9 Å². The Morgan fingerprint density at radius 1 is 1.38 bits per heavy atom. The van der Waals surface area contributed by atoms with Crippen molar-refractivity contribution in [2.75, 3.05) is 0 Å². The Kier molecular flexibility index (Phi) is 1.96. The zero-order valence-corrected chi connectivity index (χ0v) is 7.84. The molecule has 0 unspecified atom stereocenters. The maximum absolute atomic E-state index is 5.73. The van der Waals surface area contributed by atoms with Crippen LogP contribution in [-0.4, -0.2) is 17.8 Å². The van der Waals surface area contributed by atoms with Gasteiger partial charge >= 0.3 is 0 Å². The number of hydrogen-bond donors (Lipinski definition) is 0. The summed E-state index contributed by atoms with van der Waals surface area (Å²) < 4.78 is 0. The SMILES string of the molecule is [B]c1cc2nc(Cl)ncc2cc1C. The van der Waals surface area contributed by atoms with Crippen LogP contribution in [0.2, 0.25) is 5.28 Å². The molecule has 1 heterocycles. The summed E-state index contributed by atoms with van der Waals surface area (Å²) in [4.78, 5) is 7.94. The summed E-state index contributed by atoms with van der Waals surface area (Å²) in [6.45, 7) is 1.95. The minimum atomic E-state index is 0.246. The molecular formula is C9H6BClN2. The second kappa shape index (κ2) is 3.00. The third-order valence-corrected chi connectivity index (χ3v) is 2.12. The molecule has 0 aliphatic rings. The standard InChI is InChI=1S/C9H6BClN2/c1-5-2-6-4-12-9(11)13-8(6)3-7(5)10/h2-4H,1H3. The Labute approximate surface area is 82.4 Å². The van der Waals surface area contributed by atoms with Crippen molar-refractivity contribution in [3.63, 3.8) is 0 Å². The first-order valence-electron chi connectivity index (χ1n) is 3.85. The van der Waals surface area contributed by atoms with Gasteiger partial charge in [0.15, 0.2) is 0 Å². The molecule has 2 rings (SSSR count). The van der Waals surface area contributed by atoms with Crippen molar-refractivity contribution in [1.29, 1.82) is 0 Å². The topological polar surface area (TPSA) is 25.8 Å². The minimum absolute atomic E-state index is 0.246. The fraction of sp³-hybridized carbons (Fsp3) is 0.111. The Hall–Kier alpha value is -1.09. The van der Waals surface area contributed by atoms with Gasteiger partial charge in [-0.2, -0.15) is 0 Å². The molecule has 0 amide bonds. The Morgan fingerprint density at radius 3 is 2.92 bits per heavy atom. The molecule has 0 fully saturated rings. The Bertz CT molecular complexity index is 470. The smallest absolute Gasteiger partial charge is 0.222 e. The number of fused-ring (bicyclic) bond motifs is 1. The van der Waals surface area contributed by atoms with Crippen LogP contribution in [0.3, 0.4) is 0 Å². The van der Waals surface area contributed by atoms with Gasteiger partial charge in [0.25, 0.3) is 0 Å². The number of rotatable bonds is 0. The highest BCUT2D eigenvalue weighted by Gasteiger charge is 1.99. The van der Waals surface area contributed by atoms with Gasteiger partial charge in [-0.3, -0.25) is 0 Å². The van der Waals surface area contributed by atoms with Crippen molar-refractivity contribution in [2.45, 2.75) is 6.92 Å². The first-order chi connectivity index (χ1) is 6.16. The summed E-state index contributed by atoms with van der Waals surface area (Å²) in [5, 5.41) is 1.20. The monoisotopic (exact) mass is 188 g/mol. The average molecular weight is 188 g/mol. The third-order valence-electron chi connectivity index (χ3n) is 1.94. The Morgan fingerprint density at radius 2 is 2.15 bits per heavy atom. The lowest BCUT2D eigenvalue weighted by molar-refractivity contribution is 1.22. The predicted octanol–water partition coefficient (Wildman–Crippen LogP) is 1.39. The first-order valence-corrected chi connectivity index (χ1v) is 4.23. The lowest BCUT2D eigenvalue weighted by Gasteiger charge is -2.02. The number of aromatic nitrogens is 2. The van der Waals surface area contributed by atoms with Crippen molar-refractivity contribution in [3.05, 3.63) is 29.2 Å². The van der Waals surface area contributed by atoms with Crippen molar-refractivity contribution in [3.8, 4) is 0 Å². The molecule has 0 aliphatic carbocycles. The van der Waals surface area contributed by atoms with E-state index in [1.54, 1.807) is 12.3 Å². The number of halogens is 1. The quantitative estimate of drug-likeness (QED) is 0.461. The van der Waals surface area contributed by atoms with Gasteiger partial charge in [-0.25, -0.2) is 9.97 Å². The van der Waals surface area contributed by atoms with Crippen LogP contribution in [-0.2, 0) is 0 Å². The third kappa shape index (κ3) is 1.52. The highest BCUT2D eigenvalue weighted by atomic mass is 35.5. The molecule has 1 aromatic heterocycles. The van der Waals surface area contributed by atoms with Gasteiger partial charge in [-0.05, 0) is 30.7 Å². The second-order valence-electron chi connectivity index (χ2n) is 2.91. The van der Waals surface area contributed by atoms with E-state index in [4.69, 9.17) is 19.4 Å². The van der Waals surface area contributed by atoms with Gasteiger partial charge < -0.3 is 0 Å². The van der Waals surface area contributed by atoms with Crippen LogP contribution < -0.4 is 5.46 Å².